The third-order valence-electron chi connectivity index (χ3n) is 3.47. The number of aromatic amines is 1. The molecule has 6 nitrogen and oxygen atoms in total. The van der Waals surface area contributed by atoms with Gasteiger partial charge in [0.2, 0.25) is 0 Å². The largest absolute Gasteiger partial charge is 0.337 e. The molecule has 0 saturated carbocycles. The van der Waals surface area contributed by atoms with Gasteiger partial charge in [0.15, 0.2) is 5.16 Å². The zero-order chi connectivity index (χ0) is 16.5. The van der Waals surface area contributed by atoms with Gasteiger partial charge in [-0.25, -0.2) is 14.6 Å². The number of hydrogen-bond acceptors (Lipinski definition) is 6. The Labute approximate surface area is 145 Å². The van der Waals surface area contributed by atoms with E-state index in [4.69, 9.17) is 5.84 Å². The predicted molar refractivity (Wildman–Crippen MR) is 97.6 cm³/mol. The van der Waals surface area contributed by atoms with Crippen molar-refractivity contribution in [3.8, 4) is 11.3 Å². The Morgan fingerprint density at radius 1 is 1.21 bits per heavy atom. The van der Waals surface area contributed by atoms with Gasteiger partial charge in [0, 0.05) is 5.56 Å². The highest BCUT2D eigenvalue weighted by molar-refractivity contribution is 7.98. The Morgan fingerprint density at radius 3 is 2.88 bits per heavy atom. The standard InChI is InChI=1S/C16H13N5OS2/c17-21-8-12(10-4-2-1-3-5-10)19-16(21)24-9-13-18-11-6-7-23-14(11)15(22)20-13/h1-8H,9,17H2,(H,18,20,22). The molecule has 1 aromatic carbocycles. The molecule has 24 heavy (non-hydrogen) atoms. The highest BCUT2D eigenvalue weighted by atomic mass is 32.2. The molecule has 0 saturated heterocycles. The third-order valence-corrected chi connectivity index (χ3v) is 5.35. The van der Waals surface area contributed by atoms with Gasteiger partial charge in [-0.15, -0.1) is 11.3 Å². The van der Waals surface area contributed by atoms with Crippen molar-refractivity contribution in [3.05, 3.63) is 64.2 Å². The van der Waals surface area contributed by atoms with E-state index >= 15 is 0 Å². The van der Waals surface area contributed by atoms with Crippen molar-refractivity contribution in [3.63, 3.8) is 0 Å². The summed E-state index contributed by atoms with van der Waals surface area (Å²) in [5.74, 6) is 7.09. The first-order chi connectivity index (χ1) is 11.7. The molecular formula is C16H13N5OS2. The number of nitrogens with two attached hydrogens (primary N) is 1. The number of nitrogen functional groups attached to an aromatic ring is 1. The number of benzene rings is 1. The zero-order valence-corrected chi connectivity index (χ0v) is 14.1. The lowest BCUT2D eigenvalue weighted by molar-refractivity contribution is 0.850. The normalized spacial score (nSPS) is 11.2. The van der Waals surface area contributed by atoms with Gasteiger partial charge in [0.25, 0.3) is 5.56 Å². The molecule has 0 spiro atoms. The minimum absolute atomic E-state index is 0.105. The van der Waals surface area contributed by atoms with Gasteiger partial charge in [-0.2, -0.15) is 0 Å². The summed E-state index contributed by atoms with van der Waals surface area (Å²) in [6.45, 7) is 0. The molecule has 0 aliphatic carbocycles. The maximum atomic E-state index is 12.0. The first kappa shape index (κ1) is 15.0. The number of rotatable bonds is 4. The van der Waals surface area contributed by atoms with Crippen molar-refractivity contribution < 1.29 is 0 Å². The number of H-pyrrole nitrogens is 1. The third kappa shape index (κ3) is 2.81. The lowest BCUT2D eigenvalue weighted by Gasteiger charge is -2.01. The monoisotopic (exact) mass is 355 g/mol. The molecule has 4 aromatic rings. The minimum atomic E-state index is -0.105. The average molecular weight is 355 g/mol. The Kier molecular flexibility index (Phi) is 3.83. The summed E-state index contributed by atoms with van der Waals surface area (Å²) >= 11 is 2.82. The zero-order valence-electron chi connectivity index (χ0n) is 12.5. The lowest BCUT2D eigenvalue weighted by Crippen LogP contribution is -2.11. The first-order valence-electron chi connectivity index (χ1n) is 7.20. The smallest absolute Gasteiger partial charge is 0.268 e. The molecule has 0 bridgehead atoms. The van der Waals surface area contributed by atoms with Crippen molar-refractivity contribution in [1.29, 1.82) is 0 Å². The summed E-state index contributed by atoms with van der Waals surface area (Å²) in [7, 11) is 0. The van der Waals surface area contributed by atoms with Gasteiger partial charge < -0.3 is 10.8 Å². The molecule has 0 unspecified atom stereocenters. The highest BCUT2D eigenvalue weighted by Gasteiger charge is 2.10. The second-order valence-electron chi connectivity index (χ2n) is 5.12. The van der Waals surface area contributed by atoms with E-state index in [-0.39, 0.29) is 5.56 Å². The van der Waals surface area contributed by atoms with Gasteiger partial charge in [0.1, 0.15) is 10.5 Å². The van der Waals surface area contributed by atoms with Crippen LogP contribution < -0.4 is 11.4 Å². The van der Waals surface area contributed by atoms with Crippen molar-refractivity contribution in [2.75, 3.05) is 5.84 Å². The quantitative estimate of drug-likeness (QED) is 0.434. The van der Waals surface area contributed by atoms with E-state index in [9.17, 15) is 4.79 Å². The molecule has 120 valence electrons. The fourth-order valence-electron chi connectivity index (χ4n) is 2.35. The first-order valence-corrected chi connectivity index (χ1v) is 9.06. The second-order valence-corrected chi connectivity index (χ2v) is 6.98. The van der Waals surface area contributed by atoms with Gasteiger partial charge >= 0.3 is 0 Å². The van der Waals surface area contributed by atoms with Crippen LogP contribution in [0.4, 0.5) is 0 Å². The van der Waals surface area contributed by atoms with Crippen LogP contribution in [0.2, 0.25) is 0 Å². The molecule has 0 atom stereocenters. The summed E-state index contributed by atoms with van der Waals surface area (Å²) in [4.78, 5) is 23.8. The highest BCUT2D eigenvalue weighted by Crippen LogP contribution is 2.24. The number of thiophene rings is 1. The number of hydrogen-bond donors (Lipinski definition) is 2. The molecule has 0 radical (unpaired) electrons. The Balaban J connectivity index is 1.57. The number of nitrogens with zero attached hydrogens (tertiary/aromatic N) is 3. The molecule has 0 aliphatic heterocycles. The molecule has 3 heterocycles. The molecule has 4 rings (SSSR count). The van der Waals surface area contributed by atoms with Crippen LogP contribution in [0.3, 0.4) is 0 Å². The number of fused-ring (bicyclic) bond motifs is 1. The van der Waals surface area contributed by atoms with E-state index in [0.29, 0.717) is 21.4 Å². The fourth-order valence-corrected chi connectivity index (χ4v) is 3.85. The maximum Gasteiger partial charge on any atom is 0.268 e. The van der Waals surface area contributed by atoms with E-state index in [1.165, 1.54) is 27.8 Å². The van der Waals surface area contributed by atoms with Crippen molar-refractivity contribution >= 4 is 33.3 Å². The van der Waals surface area contributed by atoms with Crippen LogP contribution in [-0.4, -0.2) is 19.6 Å². The van der Waals surface area contributed by atoms with E-state index in [1.807, 2.05) is 41.8 Å². The molecular weight excluding hydrogens is 342 g/mol. The molecule has 3 aromatic heterocycles. The topological polar surface area (TPSA) is 89.6 Å². The van der Waals surface area contributed by atoms with Crippen LogP contribution in [-0.2, 0) is 5.75 Å². The maximum absolute atomic E-state index is 12.0. The minimum Gasteiger partial charge on any atom is -0.337 e. The summed E-state index contributed by atoms with van der Waals surface area (Å²) < 4.78 is 2.14. The Bertz CT molecular complexity index is 1050. The number of nitrogens with one attached hydrogen (secondary N) is 1. The number of imidazole rings is 1. The molecule has 8 heteroatoms. The molecule has 3 N–H and O–H groups in total. The summed E-state index contributed by atoms with van der Waals surface area (Å²) in [6, 6.07) is 11.7. The SMILES string of the molecule is Nn1cc(-c2ccccc2)nc1SCc1nc2ccsc2c(=O)[nH]1. The lowest BCUT2D eigenvalue weighted by atomic mass is 10.2. The van der Waals surface area contributed by atoms with Crippen molar-refractivity contribution in [2.45, 2.75) is 10.9 Å². The summed E-state index contributed by atoms with van der Waals surface area (Å²) in [5, 5.41) is 2.53. The van der Waals surface area contributed by atoms with Crippen LogP contribution in [0.15, 0.2) is 57.9 Å². The fraction of sp³-hybridized carbons (Fsp3) is 0.0625. The number of thioether (sulfide) groups is 1. The molecule has 0 fully saturated rings. The summed E-state index contributed by atoms with van der Waals surface area (Å²) in [6.07, 6.45) is 1.79. The van der Waals surface area contributed by atoms with Crippen molar-refractivity contribution in [1.82, 2.24) is 19.6 Å². The Morgan fingerprint density at radius 2 is 2.04 bits per heavy atom. The average Bonchev–Trinajstić information content (AvgIpc) is 3.21. The van der Waals surface area contributed by atoms with Crippen LogP contribution in [0.1, 0.15) is 5.82 Å². The van der Waals surface area contributed by atoms with Crippen molar-refractivity contribution in [2.24, 2.45) is 0 Å². The number of aromatic nitrogens is 4. The second kappa shape index (κ2) is 6.14. The van der Waals surface area contributed by atoms with E-state index in [2.05, 4.69) is 15.0 Å². The van der Waals surface area contributed by atoms with Crippen LogP contribution in [0.25, 0.3) is 21.5 Å². The Hall–Kier alpha value is -2.58. The van der Waals surface area contributed by atoms with Gasteiger partial charge in [-0.1, -0.05) is 42.1 Å². The van der Waals surface area contributed by atoms with E-state index in [0.717, 1.165) is 16.8 Å². The van der Waals surface area contributed by atoms with Crippen LogP contribution in [0, 0.1) is 0 Å². The predicted octanol–water partition coefficient (Wildman–Crippen LogP) is 2.85. The van der Waals surface area contributed by atoms with E-state index < -0.39 is 0 Å². The van der Waals surface area contributed by atoms with Gasteiger partial charge in [-0.3, -0.25) is 4.79 Å². The van der Waals surface area contributed by atoms with Crippen LogP contribution >= 0.6 is 23.1 Å². The molecule has 0 amide bonds. The summed E-state index contributed by atoms with van der Waals surface area (Å²) in [5.41, 5.74) is 2.44. The van der Waals surface area contributed by atoms with Gasteiger partial charge in [0.05, 0.1) is 23.2 Å². The van der Waals surface area contributed by atoms with Crippen LogP contribution in [0.5, 0.6) is 0 Å². The van der Waals surface area contributed by atoms with Gasteiger partial charge in [-0.05, 0) is 11.4 Å². The van der Waals surface area contributed by atoms with E-state index in [1.54, 1.807) is 6.20 Å². The molecule has 0 aliphatic rings.